The largest absolute Gasteiger partial charge is 0.497 e. The van der Waals surface area contributed by atoms with Crippen LogP contribution in [0.1, 0.15) is 18.9 Å². The standard InChI is InChI=1S/C18H24N4O2/c1-14(23)19-11-15-6-9-21(12-15)13-16-10-17(24-2)4-5-18(16)22-8-3-7-20-22/h3-5,7-8,10,15H,6,9,11-13H2,1-2H3,(H,19,23). The number of benzene rings is 1. The van der Waals surface area contributed by atoms with Gasteiger partial charge in [0.05, 0.1) is 12.8 Å². The number of likely N-dealkylation sites (tertiary alicyclic amines) is 1. The number of nitrogens with zero attached hydrogens (tertiary/aromatic N) is 3. The summed E-state index contributed by atoms with van der Waals surface area (Å²) in [6.07, 6.45) is 4.85. The molecule has 1 aliphatic heterocycles. The van der Waals surface area contributed by atoms with E-state index in [1.54, 1.807) is 20.2 Å². The van der Waals surface area contributed by atoms with Crippen LogP contribution in [0.5, 0.6) is 5.75 Å². The van der Waals surface area contributed by atoms with Gasteiger partial charge in [0.2, 0.25) is 5.91 Å². The topological polar surface area (TPSA) is 59.4 Å². The third kappa shape index (κ3) is 3.94. The van der Waals surface area contributed by atoms with Crippen LogP contribution in [0.3, 0.4) is 0 Å². The molecule has 0 spiro atoms. The third-order valence-corrected chi connectivity index (χ3v) is 4.44. The van der Waals surface area contributed by atoms with Crippen LogP contribution in [0.2, 0.25) is 0 Å². The average molecular weight is 328 g/mol. The van der Waals surface area contributed by atoms with Crippen LogP contribution >= 0.6 is 0 Å². The number of hydrogen-bond donors (Lipinski definition) is 1. The molecule has 24 heavy (non-hydrogen) atoms. The lowest BCUT2D eigenvalue weighted by Gasteiger charge is -2.19. The Kier molecular flexibility index (Phi) is 5.15. The quantitative estimate of drug-likeness (QED) is 0.879. The first-order chi connectivity index (χ1) is 11.7. The fourth-order valence-corrected chi connectivity index (χ4v) is 3.20. The number of carbonyl (C=O) groups excluding carboxylic acids is 1. The van der Waals surface area contributed by atoms with Crippen molar-refractivity contribution >= 4 is 5.91 Å². The maximum atomic E-state index is 11.1. The summed E-state index contributed by atoms with van der Waals surface area (Å²) in [5.74, 6) is 1.42. The van der Waals surface area contributed by atoms with Crippen LogP contribution in [0.15, 0.2) is 36.7 Å². The van der Waals surface area contributed by atoms with E-state index in [2.05, 4.69) is 21.4 Å². The minimum absolute atomic E-state index is 0.0437. The van der Waals surface area contributed by atoms with Gasteiger partial charge in [0.25, 0.3) is 0 Å². The first-order valence-electron chi connectivity index (χ1n) is 8.29. The van der Waals surface area contributed by atoms with Gasteiger partial charge in [0.1, 0.15) is 5.75 Å². The van der Waals surface area contributed by atoms with Crippen LogP contribution in [0.4, 0.5) is 0 Å². The minimum Gasteiger partial charge on any atom is -0.497 e. The fourth-order valence-electron chi connectivity index (χ4n) is 3.20. The van der Waals surface area contributed by atoms with E-state index in [4.69, 9.17) is 4.74 Å². The molecule has 1 unspecified atom stereocenters. The van der Waals surface area contributed by atoms with Crippen molar-refractivity contribution < 1.29 is 9.53 Å². The maximum Gasteiger partial charge on any atom is 0.216 e. The summed E-state index contributed by atoms with van der Waals surface area (Å²) in [4.78, 5) is 13.5. The molecule has 0 saturated carbocycles. The van der Waals surface area contributed by atoms with Gasteiger partial charge in [-0.2, -0.15) is 5.10 Å². The van der Waals surface area contributed by atoms with Gasteiger partial charge in [-0.1, -0.05) is 0 Å². The number of methoxy groups -OCH3 is 1. The van der Waals surface area contributed by atoms with Crippen LogP contribution in [0.25, 0.3) is 5.69 Å². The van der Waals surface area contributed by atoms with Crippen molar-refractivity contribution in [2.75, 3.05) is 26.7 Å². The molecule has 1 atom stereocenters. The summed E-state index contributed by atoms with van der Waals surface area (Å²) in [5.41, 5.74) is 2.27. The molecule has 128 valence electrons. The van der Waals surface area contributed by atoms with Crippen molar-refractivity contribution in [2.24, 2.45) is 5.92 Å². The van der Waals surface area contributed by atoms with Crippen molar-refractivity contribution in [3.8, 4) is 11.4 Å². The highest BCUT2D eigenvalue weighted by Crippen LogP contribution is 2.25. The lowest BCUT2D eigenvalue weighted by molar-refractivity contribution is -0.119. The maximum absolute atomic E-state index is 11.1. The summed E-state index contributed by atoms with van der Waals surface area (Å²) in [7, 11) is 1.69. The van der Waals surface area contributed by atoms with Crippen molar-refractivity contribution in [3.63, 3.8) is 0 Å². The zero-order chi connectivity index (χ0) is 16.9. The van der Waals surface area contributed by atoms with Gasteiger partial charge in [0.15, 0.2) is 0 Å². The predicted molar refractivity (Wildman–Crippen MR) is 92.2 cm³/mol. The number of aromatic nitrogens is 2. The van der Waals surface area contributed by atoms with Gasteiger partial charge in [-0.15, -0.1) is 0 Å². The average Bonchev–Trinajstić information content (AvgIpc) is 3.24. The lowest BCUT2D eigenvalue weighted by atomic mass is 10.1. The van der Waals surface area contributed by atoms with Crippen molar-refractivity contribution in [2.45, 2.75) is 19.9 Å². The summed E-state index contributed by atoms with van der Waals surface area (Å²) >= 11 is 0. The molecule has 1 aromatic heterocycles. The van der Waals surface area contributed by atoms with Crippen LogP contribution < -0.4 is 10.1 Å². The first kappa shape index (κ1) is 16.5. The molecule has 2 heterocycles. The van der Waals surface area contributed by atoms with Crippen molar-refractivity contribution in [1.29, 1.82) is 0 Å². The van der Waals surface area contributed by atoms with Gasteiger partial charge in [-0.3, -0.25) is 9.69 Å². The molecule has 1 N–H and O–H groups in total. The van der Waals surface area contributed by atoms with E-state index in [1.165, 1.54) is 5.56 Å². The third-order valence-electron chi connectivity index (χ3n) is 4.44. The van der Waals surface area contributed by atoms with Crippen molar-refractivity contribution in [3.05, 3.63) is 42.2 Å². The zero-order valence-electron chi connectivity index (χ0n) is 14.2. The number of hydrogen-bond acceptors (Lipinski definition) is 4. The lowest BCUT2D eigenvalue weighted by Crippen LogP contribution is -2.29. The molecule has 1 aliphatic rings. The number of carbonyl (C=O) groups is 1. The molecule has 1 fully saturated rings. The zero-order valence-corrected chi connectivity index (χ0v) is 14.2. The first-order valence-corrected chi connectivity index (χ1v) is 8.29. The van der Waals surface area contributed by atoms with Gasteiger partial charge < -0.3 is 10.1 Å². The van der Waals surface area contributed by atoms with Crippen LogP contribution in [-0.2, 0) is 11.3 Å². The Morgan fingerprint density at radius 2 is 2.33 bits per heavy atom. The molecular weight excluding hydrogens is 304 g/mol. The Balaban J connectivity index is 1.71. The van der Waals surface area contributed by atoms with E-state index in [0.717, 1.165) is 44.0 Å². The molecule has 3 rings (SSSR count). The van der Waals surface area contributed by atoms with Gasteiger partial charge in [-0.25, -0.2) is 4.68 Å². The van der Waals surface area contributed by atoms with E-state index in [-0.39, 0.29) is 5.91 Å². The molecule has 6 heteroatoms. The Morgan fingerprint density at radius 1 is 1.46 bits per heavy atom. The minimum atomic E-state index is 0.0437. The predicted octanol–water partition coefficient (Wildman–Crippen LogP) is 1.84. The second-order valence-corrected chi connectivity index (χ2v) is 6.27. The van der Waals surface area contributed by atoms with Gasteiger partial charge in [-0.05, 0) is 48.7 Å². The molecule has 2 aromatic rings. The number of ether oxygens (including phenoxy) is 1. The van der Waals surface area contributed by atoms with Gasteiger partial charge >= 0.3 is 0 Å². The normalized spacial score (nSPS) is 17.8. The Bertz CT molecular complexity index is 684. The molecule has 0 bridgehead atoms. The van der Waals surface area contributed by atoms with E-state index >= 15 is 0 Å². The van der Waals surface area contributed by atoms with E-state index in [0.29, 0.717) is 5.92 Å². The number of rotatable bonds is 6. The number of amides is 1. The second-order valence-electron chi connectivity index (χ2n) is 6.27. The van der Waals surface area contributed by atoms with E-state index in [1.807, 2.05) is 29.1 Å². The smallest absolute Gasteiger partial charge is 0.216 e. The fraction of sp³-hybridized carbons (Fsp3) is 0.444. The monoisotopic (exact) mass is 328 g/mol. The van der Waals surface area contributed by atoms with Crippen LogP contribution in [0, 0.1) is 5.92 Å². The second kappa shape index (κ2) is 7.49. The SMILES string of the molecule is COc1ccc(-n2cccn2)c(CN2CCC(CNC(C)=O)C2)c1. The molecule has 0 aliphatic carbocycles. The van der Waals surface area contributed by atoms with Crippen LogP contribution in [-0.4, -0.2) is 47.3 Å². The molecule has 1 aromatic carbocycles. The summed E-state index contributed by atoms with van der Waals surface area (Å²) < 4.78 is 7.27. The van der Waals surface area contributed by atoms with E-state index in [9.17, 15) is 4.79 Å². The Labute approximate surface area is 142 Å². The summed E-state index contributed by atoms with van der Waals surface area (Å²) in [5, 5.41) is 7.28. The highest BCUT2D eigenvalue weighted by Gasteiger charge is 2.23. The molecule has 1 amide bonds. The highest BCUT2D eigenvalue weighted by atomic mass is 16.5. The van der Waals surface area contributed by atoms with Crippen molar-refractivity contribution in [1.82, 2.24) is 20.0 Å². The molecular formula is C18H24N4O2. The summed E-state index contributed by atoms with van der Waals surface area (Å²) in [6.45, 7) is 5.22. The molecule has 0 radical (unpaired) electrons. The summed E-state index contributed by atoms with van der Waals surface area (Å²) in [6, 6.07) is 8.02. The number of nitrogens with one attached hydrogen (secondary N) is 1. The molecule has 6 nitrogen and oxygen atoms in total. The van der Waals surface area contributed by atoms with E-state index < -0.39 is 0 Å². The van der Waals surface area contributed by atoms with Gasteiger partial charge in [0, 0.05) is 39.0 Å². The molecule has 1 saturated heterocycles. The Morgan fingerprint density at radius 3 is 3.04 bits per heavy atom. The highest BCUT2D eigenvalue weighted by molar-refractivity contribution is 5.72. The Hall–Kier alpha value is -2.34.